The van der Waals surface area contributed by atoms with Crippen LogP contribution in [-0.2, 0) is 14.8 Å². The van der Waals surface area contributed by atoms with Crippen LogP contribution >= 0.6 is 11.3 Å². The van der Waals surface area contributed by atoms with E-state index in [4.69, 9.17) is 14.5 Å². The molecule has 1 aliphatic carbocycles. The number of ether oxygens (including phenoxy) is 2. The molecule has 1 atom stereocenters. The van der Waals surface area contributed by atoms with Crippen LogP contribution < -0.4 is 9.64 Å². The molecule has 186 valence electrons. The number of amides is 1. The fraction of sp³-hybridized carbons (Fsp3) is 0.440. The molecule has 0 N–H and O–H groups in total. The normalized spacial score (nSPS) is 18.3. The average Bonchev–Trinajstić information content (AvgIpc) is 3.40. The summed E-state index contributed by atoms with van der Waals surface area (Å²) >= 11 is 1.43. The van der Waals surface area contributed by atoms with Gasteiger partial charge >= 0.3 is 0 Å². The number of anilines is 1. The van der Waals surface area contributed by atoms with Crippen LogP contribution in [0.5, 0.6) is 5.75 Å². The molecule has 1 saturated carbocycles. The fourth-order valence-corrected chi connectivity index (χ4v) is 6.67. The highest BCUT2D eigenvalue weighted by Crippen LogP contribution is 2.36. The molecule has 0 radical (unpaired) electrons. The zero-order valence-electron chi connectivity index (χ0n) is 19.8. The molecule has 35 heavy (non-hydrogen) atoms. The average molecular weight is 516 g/mol. The first kappa shape index (κ1) is 24.2. The van der Waals surface area contributed by atoms with E-state index in [0.717, 1.165) is 35.9 Å². The maximum atomic E-state index is 13.7. The van der Waals surface area contributed by atoms with Crippen molar-refractivity contribution in [1.82, 2.24) is 9.29 Å². The van der Waals surface area contributed by atoms with E-state index in [2.05, 4.69) is 0 Å². The predicted molar refractivity (Wildman–Crippen MR) is 136 cm³/mol. The van der Waals surface area contributed by atoms with Crippen LogP contribution in [-0.4, -0.2) is 62.6 Å². The second kappa shape index (κ2) is 9.85. The highest BCUT2D eigenvalue weighted by Gasteiger charge is 2.35. The first-order chi connectivity index (χ1) is 16.9. The molecular weight excluding hydrogens is 486 g/mol. The van der Waals surface area contributed by atoms with Crippen LogP contribution in [0.15, 0.2) is 47.4 Å². The highest BCUT2D eigenvalue weighted by atomic mass is 32.2. The lowest BCUT2D eigenvalue weighted by Crippen LogP contribution is -2.37. The summed E-state index contributed by atoms with van der Waals surface area (Å²) in [5, 5.41) is 0.567. The van der Waals surface area contributed by atoms with Crippen molar-refractivity contribution < 1.29 is 22.7 Å². The molecule has 8 nitrogen and oxygen atoms in total. The van der Waals surface area contributed by atoms with Crippen molar-refractivity contribution in [2.24, 2.45) is 0 Å². The Morgan fingerprint density at radius 2 is 1.94 bits per heavy atom. The third-order valence-corrected chi connectivity index (χ3v) is 9.36. The van der Waals surface area contributed by atoms with Gasteiger partial charge in [0.05, 0.1) is 28.9 Å². The SMILES string of the molecule is CCOc1cccc2sc(N(CC3CCCO3)C(=O)c3ccc(S(=O)(=O)N(C)C4CC4)cc3)nc12. The number of aromatic nitrogens is 1. The Bertz CT molecular complexity index is 1310. The van der Waals surface area contributed by atoms with Gasteiger partial charge in [-0.2, -0.15) is 4.31 Å². The molecule has 2 aliphatic rings. The van der Waals surface area contributed by atoms with Gasteiger partial charge in [0.2, 0.25) is 10.0 Å². The number of fused-ring (bicyclic) bond motifs is 1. The van der Waals surface area contributed by atoms with Crippen molar-refractivity contribution in [3.05, 3.63) is 48.0 Å². The number of rotatable bonds is 9. The van der Waals surface area contributed by atoms with E-state index in [0.29, 0.717) is 36.2 Å². The number of para-hydroxylation sites is 1. The van der Waals surface area contributed by atoms with Crippen LogP contribution in [0.25, 0.3) is 10.2 Å². The second-order valence-electron chi connectivity index (χ2n) is 8.86. The lowest BCUT2D eigenvalue weighted by Gasteiger charge is -2.23. The summed E-state index contributed by atoms with van der Waals surface area (Å²) in [6.07, 6.45) is 3.55. The monoisotopic (exact) mass is 515 g/mol. The Kier molecular flexibility index (Phi) is 6.80. The van der Waals surface area contributed by atoms with E-state index in [1.807, 2.05) is 25.1 Å². The number of nitrogens with zero attached hydrogens (tertiary/aromatic N) is 3. The van der Waals surface area contributed by atoms with Crippen LogP contribution in [0.2, 0.25) is 0 Å². The Labute approximate surface area is 209 Å². The van der Waals surface area contributed by atoms with E-state index in [1.54, 1.807) is 24.1 Å². The zero-order chi connectivity index (χ0) is 24.6. The molecule has 0 spiro atoms. The summed E-state index contributed by atoms with van der Waals surface area (Å²) in [6, 6.07) is 12.0. The molecule has 5 rings (SSSR count). The summed E-state index contributed by atoms with van der Waals surface area (Å²) in [5.74, 6) is 0.448. The molecule has 1 aliphatic heterocycles. The number of carbonyl (C=O) groups excluding carboxylic acids is 1. The fourth-order valence-electron chi connectivity index (χ4n) is 4.26. The van der Waals surface area contributed by atoms with Gasteiger partial charge in [-0.05, 0) is 69.0 Å². The van der Waals surface area contributed by atoms with Crippen LogP contribution in [0.1, 0.15) is 43.0 Å². The number of sulfonamides is 1. The van der Waals surface area contributed by atoms with Gasteiger partial charge in [0, 0.05) is 25.3 Å². The Balaban J connectivity index is 1.46. The topological polar surface area (TPSA) is 89.0 Å². The minimum Gasteiger partial charge on any atom is -0.492 e. The molecular formula is C25H29N3O5S2. The third-order valence-electron chi connectivity index (χ3n) is 6.40. The van der Waals surface area contributed by atoms with Crippen molar-refractivity contribution in [1.29, 1.82) is 0 Å². The van der Waals surface area contributed by atoms with Gasteiger partial charge in [-0.3, -0.25) is 9.69 Å². The molecule has 10 heteroatoms. The molecule has 0 bridgehead atoms. The van der Waals surface area contributed by atoms with Crippen molar-refractivity contribution in [2.45, 2.75) is 49.6 Å². The Morgan fingerprint density at radius 1 is 1.17 bits per heavy atom. The molecule has 1 amide bonds. The predicted octanol–water partition coefficient (Wildman–Crippen LogP) is 4.30. The second-order valence-corrected chi connectivity index (χ2v) is 11.9. The summed E-state index contributed by atoms with van der Waals surface area (Å²) < 4.78 is 39.6. The van der Waals surface area contributed by atoms with Crippen LogP contribution in [0.3, 0.4) is 0 Å². The summed E-state index contributed by atoms with van der Waals surface area (Å²) in [4.78, 5) is 20.3. The zero-order valence-corrected chi connectivity index (χ0v) is 21.5. The smallest absolute Gasteiger partial charge is 0.260 e. The lowest BCUT2D eigenvalue weighted by atomic mass is 10.2. The van der Waals surface area contributed by atoms with Gasteiger partial charge < -0.3 is 9.47 Å². The van der Waals surface area contributed by atoms with E-state index in [-0.39, 0.29) is 22.9 Å². The summed E-state index contributed by atoms with van der Waals surface area (Å²) in [7, 11) is -1.96. The highest BCUT2D eigenvalue weighted by molar-refractivity contribution is 7.89. The van der Waals surface area contributed by atoms with Gasteiger partial charge in [-0.15, -0.1) is 0 Å². The molecule has 2 aromatic carbocycles. The van der Waals surface area contributed by atoms with E-state index < -0.39 is 10.0 Å². The summed E-state index contributed by atoms with van der Waals surface area (Å²) in [6.45, 7) is 3.51. The Hall–Kier alpha value is -2.53. The third kappa shape index (κ3) is 4.93. The summed E-state index contributed by atoms with van der Waals surface area (Å²) in [5.41, 5.74) is 1.13. The first-order valence-electron chi connectivity index (χ1n) is 11.9. The largest absolute Gasteiger partial charge is 0.492 e. The van der Waals surface area contributed by atoms with Gasteiger partial charge in [0.15, 0.2) is 5.13 Å². The van der Waals surface area contributed by atoms with Crippen molar-refractivity contribution in [2.75, 3.05) is 31.7 Å². The van der Waals surface area contributed by atoms with Crippen LogP contribution in [0, 0.1) is 0 Å². The molecule has 2 fully saturated rings. The molecule has 3 aromatic rings. The van der Waals surface area contributed by atoms with Crippen LogP contribution in [0.4, 0.5) is 5.13 Å². The van der Waals surface area contributed by atoms with E-state index in [1.165, 1.54) is 27.8 Å². The van der Waals surface area contributed by atoms with Crippen molar-refractivity contribution >= 4 is 42.6 Å². The van der Waals surface area contributed by atoms with Crippen molar-refractivity contribution in [3.63, 3.8) is 0 Å². The number of carbonyl (C=O) groups is 1. The first-order valence-corrected chi connectivity index (χ1v) is 14.2. The standard InChI is InChI=1S/C25H29N3O5S2/c1-3-32-21-7-4-8-22-23(21)26-25(34-22)28(16-19-6-5-15-33-19)24(29)17-9-13-20(14-10-17)35(30,31)27(2)18-11-12-18/h4,7-10,13-14,18-19H,3,5-6,11-12,15-16H2,1-2H3. The van der Waals surface area contributed by atoms with Gasteiger partial charge in [-0.25, -0.2) is 13.4 Å². The maximum absolute atomic E-state index is 13.7. The maximum Gasteiger partial charge on any atom is 0.260 e. The van der Waals surface area contributed by atoms with Gasteiger partial charge in [-0.1, -0.05) is 17.4 Å². The minimum atomic E-state index is -3.57. The lowest BCUT2D eigenvalue weighted by molar-refractivity contribution is 0.0917. The number of hydrogen-bond acceptors (Lipinski definition) is 7. The molecule has 1 saturated heterocycles. The van der Waals surface area contributed by atoms with Crippen molar-refractivity contribution in [3.8, 4) is 5.75 Å². The molecule has 1 aromatic heterocycles. The van der Waals surface area contributed by atoms with E-state index >= 15 is 0 Å². The molecule has 2 heterocycles. The quantitative estimate of drug-likeness (QED) is 0.422. The number of benzene rings is 2. The van der Waals surface area contributed by atoms with Gasteiger partial charge in [0.1, 0.15) is 11.3 Å². The van der Waals surface area contributed by atoms with E-state index in [9.17, 15) is 13.2 Å². The van der Waals surface area contributed by atoms with Gasteiger partial charge in [0.25, 0.3) is 5.91 Å². The Morgan fingerprint density at radius 3 is 2.60 bits per heavy atom. The minimum absolute atomic E-state index is 0.0656. The number of thiazole rings is 1. The molecule has 1 unspecified atom stereocenters. The number of hydrogen-bond donors (Lipinski definition) is 0.